The largest absolute Gasteiger partial charge is 0.505 e. The first kappa shape index (κ1) is 11.7. The second-order valence-corrected chi connectivity index (χ2v) is 3.91. The van der Waals surface area contributed by atoms with Crippen LogP contribution in [0.5, 0.6) is 5.75 Å². The van der Waals surface area contributed by atoms with Gasteiger partial charge < -0.3 is 10.4 Å². The fourth-order valence-electron chi connectivity index (χ4n) is 1.14. The molecular formula is C9H6Cl2N4O2. The summed E-state index contributed by atoms with van der Waals surface area (Å²) in [5.74, 6) is -0.690. The van der Waals surface area contributed by atoms with Crippen molar-refractivity contribution in [3.63, 3.8) is 0 Å². The Bertz CT molecular complexity index is 533. The van der Waals surface area contributed by atoms with Gasteiger partial charge in [0.05, 0.1) is 16.2 Å². The van der Waals surface area contributed by atoms with Crippen molar-refractivity contribution in [1.82, 2.24) is 15.4 Å². The van der Waals surface area contributed by atoms with Crippen molar-refractivity contribution in [2.45, 2.75) is 0 Å². The zero-order valence-corrected chi connectivity index (χ0v) is 9.75. The van der Waals surface area contributed by atoms with Gasteiger partial charge in [-0.1, -0.05) is 23.2 Å². The fraction of sp³-hybridized carbons (Fsp3) is 0. The standard InChI is InChI=1S/C9H6Cl2N4O2/c10-5-1-4(2-6(11)8(5)16)13-9(17)7-3-12-15-14-7/h1-3,16H,(H,13,17)(H,12,14,15). The van der Waals surface area contributed by atoms with Crippen LogP contribution in [0.3, 0.4) is 0 Å². The van der Waals surface area contributed by atoms with Crippen LogP contribution in [0.25, 0.3) is 0 Å². The molecule has 1 aromatic heterocycles. The molecule has 0 unspecified atom stereocenters. The number of H-pyrrole nitrogens is 1. The molecule has 1 aromatic carbocycles. The predicted octanol–water partition coefficient (Wildman–Crippen LogP) is 2.07. The van der Waals surface area contributed by atoms with Crippen LogP contribution in [0, 0.1) is 0 Å². The molecule has 1 heterocycles. The molecule has 6 nitrogen and oxygen atoms in total. The van der Waals surface area contributed by atoms with Crippen LogP contribution in [0.4, 0.5) is 5.69 Å². The molecule has 2 rings (SSSR count). The summed E-state index contributed by atoms with van der Waals surface area (Å²) in [6.07, 6.45) is 1.28. The summed E-state index contributed by atoms with van der Waals surface area (Å²) in [6.45, 7) is 0. The number of nitrogens with one attached hydrogen (secondary N) is 2. The van der Waals surface area contributed by atoms with Gasteiger partial charge in [-0.15, -0.1) is 0 Å². The molecule has 0 radical (unpaired) electrons. The molecule has 0 bridgehead atoms. The van der Waals surface area contributed by atoms with Gasteiger partial charge in [0.25, 0.3) is 5.91 Å². The Morgan fingerprint density at radius 2 is 2.00 bits per heavy atom. The first-order valence-electron chi connectivity index (χ1n) is 4.43. The van der Waals surface area contributed by atoms with Gasteiger partial charge in [-0.3, -0.25) is 4.79 Å². The highest BCUT2D eigenvalue weighted by atomic mass is 35.5. The number of phenols is 1. The number of halogens is 2. The minimum Gasteiger partial charge on any atom is -0.505 e. The van der Waals surface area contributed by atoms with Gasteiger partial charge >= 0.3 is 0 Å². The molecule has 2 aromatic rings. The number of nitrogens with zero attached hydrogens (tertiary/aromatic N) is 2. The smallest absolute Gasteiger partial charge is 0.277 e. The highest BCUT2D eigenvalue weighted by Crippen LogP contribution is 2.34. The lowest BCUT2D eigenvalue weighted by molar-refractivity contribution is 0.102. The number of rotatable bonds is 2. The fourth-order valence-corrected chi connectivity index (χ4v) is 1.63. The van der Waals surface area contributed by atoms with Crippen LogP contribution < -0.4 is 5.32 Å². The quantitative estimate of drug-likeness (QED) is 0.730. The van der Waals surface area contributed by atoms with Crippen molar-refractivity contribution in [2.24, 2.45) is 0 Å². The predicted molar refractivity (Wildman–Crippen MR) is 62.5 cm³/mol. The number of carbonyl (C=O) groups excluding carboxylic acids is 1. The van der Waals surface area contributed by atoms with Crippen molar-refractivity contribution >= 4 is 34.8 Å². The van der Waals surface area contributed by atoms with Crippen molar-refractivity contribution in [1.29, 1.82) is 0 Å². The third-order valence-electron chi connectivity index (χ3n) is 1.92. The molecule has 8 heteroatoms. The van der Waals surface area contributed by atoms with Crippen molar-refractivity contribution in [2.75, 3.05) is 5.32 Å². The molecule has 88 valence electrons. The molecule has 0 spiro atoms. The Morgan fingerprint density at radius 3 is 2.53 bits per heavy atom. The number of amides is 1. The lowest BCUT2D eigenvalue weighted by Crippen LogP contribution is -2.12. The van der Waals surface area contributed by atoms with E-state index in [9.17, 15) is 9.90 Å². The van der Waals surface area contributed by atoms with E-state index in [0.29, 0.717) is 5.69 Å². The highest BCUT2D eigenvalue weighted by molar-refractivity contribution is 6.37. The molecule has 0 saturated heterocycles. The Balaban J connectivity index is 2.22. The van der Waals surface area contributed by atoms with E-state index in [2.05, 4.69) is 20.7 Å². The van der Waals surface area contributed by atoms with Gasteiger partial charge in [0.1, 0.15) is 0 Å². The number of aromatic amines is 1. The second-order valence-electron chi connectivity index (χ2n) is 3.10. The number of aromatic nitrogens is 3. The number of hydrogen-bond acceptors (Lipinski definition) is 4. The topological polar surface area (TPSA) is 90.9 Å². The molecule has 0 atom stereocenters. The summed E-state index contributed by atoms with van der Waals surface area (Å²) in [6, 6.07) is 2.75. The van der Waals surface area contributed by atoms with Crippen LogP contribution in [0.15, 0.2) is 18.3 Å². The highest BCUT2D eigenvalue weighted by Gasteiger charge is 2.12. The van der Waals surface area contributed by atoms with Crippen LogP contribution >= 0.6 is 23.2 Å². The Hall–Kier alpha value is -1.79. The summed E-state index contributed by atoms with van der Waals surface area (Å²) in [4.78, 5) is 11.6. The molecule has 17 heavy (non-hydrogen) atoms. The molecule has 0 aliphatic rings. The van der Waals surface area contributed by atoms with Gasteiger partial charge in [0.2, 0.25) is 0 Å². The van der Waals surface area contributed by atoms with Gasteiger partial charge in [0.15, 0.2) is 11.4 Å². The lowest BCUT2D eigenvalue weighted by Gasteiger charge is -2.06. The third-order valence-corrected chi connectivity index (χ3v) is 2.50. The third kappa shape index (κ3) is 2.48. The minimum atomic E-state index is -0.462. The molecule has 0 aliphatic heterocycles. The van der Waals surface area contributed by atoms with Gasteiger partial charge in [-0.25, -0.2) is 0 Å². The van der Waals surface area contributed by atoms with E-state index in [1.54, 1.807) is 0 Å². The maximum absolute atomic E-state index is 11.6. The zero-order valence-electron chi connectivity index (χ0n) is 8.24. The summed E-state index contributed by atoms with van der Waals surface area (Å²) < 4.78 is 0. The normalized spacial score (nSPS) is 10.2. The monoisotopic (exact) mass is 272 g/mol. The van der Waals surface area contributed by atoms with Gasteiger partial charge in [-0.05, 0) is 12.1 Å². The van der Waals surface area contributed by atoms with E-state index in [-0.39, 0.29) is 21.5 Å². The summed E-state index contributed by atoms with van der Waals surface area (Å²) in [5.41, 5.74) is 0.483. The molecule has 0 saturated carbocycles. The number of benzene rings is 1. The SMILES string of the molecule is O=C(Nc1cc(Cl)c(O)c(Cl)c1)c1cn[nH]n1. The van der Waals surface area contributed by atoms with Crippen LogP contribution in [0.1, 0.15) is 10.5 Å². The number of hydrogen-bond donors (Lipinski definition) is 3. The first-order chi connectivity index (χ1) is 8.08. The lowest BCUT2D eigenvalue weighted by atomic mass is 10.3. The van der Waals surface area contributed by atoms with Gasteiger partial charge in [-0.2, -0.15) is 15.4 Å². The van der Waals surface area contributed by atoms with E-state index in [1.807, 2.05) is 0 Å². The van der Waals surface area contributed by atoms with E-state index < -0.39 is 5.91 Å². The van der Waals surface area contributed by atoms with Crippen molar-refractivity contribution in [3.8, 4) is 5.75 Å². The molecule has 0 aliphatic carbocycles. The van der Waals surface area contributed by atoms with Crippen molar-refractivity contribution in [3.05, 3.63) is 34.1 Å². The molecule has 1 amide bonds. The molecule has 3 N–H and O–H groups in total. The van der Waals surface area contributed by atoms with E-state index in [1.165, 1.54) is 18.3 Å². The van der Waals surface area contributed by atoms with Crippen molar-refractivity contribution < 1.29 is 9.90 Å². The number of carbonyl (C=O) groups is 1. The minimum absolute atomic E-state index is 0.0490. The maximum Gasteiger partial charge on any atom is 0.277 e. The van der Waals surface area contributed by atoms with Gasteiger partial charge in [0, 0.05) is 5.69 Å². The maximum atomic E-state index is 11.6. The van der Waals surface area contributed by atoms with Crippen LogP contribution in [0.2, 0.25) is 10.0 Å². The Labute approximate surface area is 106 Å². The van der Waals surface area contributed by atoms with E-state index in [0.717, 1.165) is 0 Å². The number of phenolic OH excluding ortho intramolecular Hbond substituents is 1. The molecule has 0 fully saturated rings. The Kier molecular flexibility index (Phi) is 3.16. The zero-order chi connectivity index (χ0) is 12.4. The summed E-state index contributed by atoms with van der Waals surface area (Å²) in [7, 11) is 0. The van der Waals surface area contributed by atoms with E-state index in [4.69, 9.17) is 23.2 Å². The average Bonchev–Trinajstić information content (AvgIpc) is 2.79. The van der Waals surface area contributed by atoms with E-state index >= 15 is 0 Å². The summed E-state index contributed by atoms with van der Waals surface area (Å²) >= 11 is 11.4. The van der Waals surface area contributed by atoms with Crippen LogP contribution in [-0.2, 0) is 0 Å². The second kappa shape index (κ2) is 4.60. The number of anilines is 1. The molecular weight excluding hydrogens is 267 g/mol. The number of aromatic hydroxyl groups is 1. The first-order valence-corrected chi connectivity index (χ1v) is 5.18. The summed E-state index contributed by atoms with van der Waals surface area (Å²) in [5, 5.41) is 21.4. The average molecular weight is 273 g/mol. The van der Waals surface area contributed by atoms with Crippen LogP contribution in [-0.4, -0.2) is 26.4 Å². The Morgan fingerprint density at radius 1 is 1.35 bits per heavy atom.